The van der Waals surface area contributed by atoms with Gasteiger partial charge in [-0.3, -0.25) is 4.79 Å². The first-order chi connectivity index (χ1) is 9.58. The molecular weight excluding hydrogens is 265 g/mol. The molecule has 0 aliphatic carbocycles. The summed E-state index contributed by atoms with van der Waals surface area (Å²) in [6, 6.07) is 4.96. The quantitative estimate of drug-likeness (QED) is 0.862. The van der Waals surface area contributed by atoms with Gasteiger partial charge >= 0.3 is 6.15 Å². The summed E-state index contributed by atoms with van der Waals surface area (Å²) in [5.41, 5.74) is 1.13. The Balaban J connectivity index is 0.000000452. The van der Waals surface area contributed by atoms with Crippen molar-refractivity contribution in [2.45, 2.75) is 12.8 Å². The van der Waals surface area contributed by atoms with Crippen molar-refractivity contribution < 1.29 is 23.2 Å². The molecule has 2 aromatic rings. The number of furan rings is 1. The third-order valence-corrected chi connectivity index (χ3v) is 3.48. The topological polar surface area (TPSA) is 76.4 Å². The molecule has 2 atom stereocenters. The number of carbonyl (C=O) groups excluding carboxylic acids is 3. The summed E-state index contributed by atoms with van der Waals surface area (Å²) in [5, 5.41) is 3.63. The second-order valence-corrected chi connectivity index (χ2v) is 4.56. The Kier molecular flexibility index (Phi) is 3.96. The van der Waals surface area contributed by atoms with Gasteiger partial charge in [-0.15, -0.1) is 0 Å². The molecule has 20 heavy (non-hydrogen) atoms. The fraction of sp³-hybridized carbons (Fsp3) is 0.286. The van der Waals surface area contributed by atoms with Crippen LogP contribution in [0.4, 0.5) is 4.39 Å². The van der Waals surface area contributed by atoms with Gasteiger partial charge in [-0.25, -0.2) is 4.39 Å². The minimum Gasteiger partial charge on any atom is -0.464 e. The number of carbonyl (C=O) groups is 1. The van der Waals surface area contributed by atoms with Gasteiger partial charge in [-0.2, -0.15) is 9.59 Å². The van der Waals surface area contributed by atoms with E-state index >= 15 is 0 Å². The van der Waals surface area contributed by atoms with E-state index < -0.39 is 0 Å². The van der Waals surface area contributed by atoms with Crippen LogP contribution in [0.3, 0.4) is 0 Å². The molecule has 1 aliphatic heterocycles. The van der Waals surface area contributed by atoms with Crippen molar-refractivity contribution in [3.8, 4) is 0 Å². The number of fused-ring (bicyclic) bond motifs is 1. The second kappa shape index (κ2) is 5.67. The van der Waals surface area contributed by atoms with Crippen molar-refractivity contribution in [1.29, 1.82) is 0 Å². The van der Waals surface area contributed by atoms with Gasteiger partial charge in [0.15, 0.2) is 0 Å². The van der Waals surface area contributed by atoms with Crippen molar-refractivity contribution in [3.05, 3.63) is 35.8 Å². The van der Waals surface area contributed by atoms with E-state index in [0.29, 0.717) is 17.7 Å². The van der Waals surface area contributed by atoms with Gasteiger partial charge in [0.1, 0.15) is 11.4 Å². The number of halogens is 1. The molecule has 0 saturated carbocycles. The number of benzene rings is 1. The third kappa shape index (κ3) is 2.46. The molecule has 3 rings (SSSR count). The molecule has 0 spiro atoms. The van der Waals surface area contributed by atoms with Gasteiger partial charge < -0.3 is 9.73 Å². The zero-order valence-electron chi connectivity index (χ0n) is 10.7. The van der Waals surface area contributed by atoms with Crippen molar-refractivity contribution >= 4 is 23.0 Å². The predicted octanol–water partition coefficient (Wildman–Crippen LogP) is 1.84. The Bertz CT molecular complexity index is 673. The summed E-state index contributed by atoms with van der Waals surface area (Å²) in [6.07, 6.45) is 1.79. The Labute approximate surface area is 113 Å². The zero-order valence-corrected chi connectivity index (χ0v) is 10.7. The number of amides is 1. The molecule has 1 fully saturated rings. The maximum atomic E-state index is 14.0. The number of nitrogens with one attached hydrogen (secondary N) is 1. The maximum Gasteiger partial charge on any atom is 0.373 e. The molecule has 1 N–H and O–H groups in total. The van der Waals surface area contributed by atoms with Crippen LogP contribution in [0.25, 0.3) is 11.0 Å². The fourth-order valence-electron chi connectivity index (χ4n) is 2.40. The highest BCUT2D eigenvalue weighted by Crippen LogP contribution is 2.32. The SMILES string of the molecule is C[C@@H]1C(=O)NC[C@H]1c1cc2ccoc2cc1F.O=C=O. The van der Waals surface area contributed by atoms with Gasteiger partial charge in [0.25, 0.3) is 0 Å². The summed E-state index contributed by atoms with van der Waals surface area (Å²) in [5.74, 6) is -0.599. The second-order valence-electron chi connectivity index (χ2n) is 4.56. The zero-order chi connectivity index (χ0) is 14.7. The molecule has 1 saturated heterocycles. The van der Waals surface area contributed by atoms with Gasteiger partial charge in [-0.05, 0) is 17.7 Å². The van der Waals surface area contributed by atoms with Gasteiger partial charge in [0.05, 0.1) is 6.26 Å². The first kappa shape index (κ1) is 14.0. The van der Waals surface area contributed by atoms with Crippen LogP contribution in [0.2, 0.25) is 0 Å². The average Bonchev–Trinajstić information content (AvgIpc) is 2.98. The molecule has 1 aliphatic rings. The largest absolute Gasteiger partial charge is 0.464 e. The first-order valence-corrected chi connectivity index (χ1v) is 6.02. The van der Waals surface area contributed by atoms with Crippen molar-refractivity contribution in [2.75, 3.05) is 6.54 Å². The normalized spacial score (nSPS) is 21.0. The Morgan fingerprint density at radius 1 is 1.40 bits per heavy atom. The van der Waals surface area contributed by atoms with E-state index in [2.05, 4.69) is 5.32 Å². The van der Waals surface area contributed by atoms with E-state index in [1.165, 1.54) is 12.3 Å². The fourth-order valence-corrected chi connectivity index (χ4v) is 2.40. The highest BCUT2D eigenvalue weighted by Gasteiger charge is 2.33. The number of hydrogen-bond acceptors (Lipinski definition) is 4. The summed E-state index contributed by atoms with van der Waals surface area (Å²) >= 11 is 0. The lowest BCUT2D eigenvalue weighted by Crippen LogP contribution is -2.17. The number of hydrogen-bond donors (Lipinski definition) is 1. The van der Waals surface area contributed by atoms with Crippen molar-refractivity contribution in [1.82, 2.24) is 5.32 Å². The van der Waals surface area contributed by atoms with Crippen LogP contribution in [0, 0.1) is 11.7 Å². The van der Waals surface area contributed by atoms with Crippen LogP contribution in [0.15, 0.2) is 28.9 Å². The summed E-state index contributed by atoms with van der Waals surface area (Å²) in [4.78, 5) is 27.7. The van der Waals surface area contributed by atoms with Crippen LogP contribution < -0.4 is 5.32 Å². The molecule has 0 unspecified atom stereocenters. The Hall–Kier alpha value is -2.46. The van der Waals surface area contributed by atoms with Gasteiger partial charge in [0, 0.05) is 29.8 Å². The minimum atomic E-state index is -0.305. The molecule has 1 aromatic heterocycles. The molecule has 0 bridgehead atoms. The molecule has 104 valence electrons. The van der Waals surface area contributed by atoms with E-state index in [0.717, 1.165) is 5.39 Å². The molecule has 0 radical (unpaired) electrons. The first-order valence-electron chi connectivity index (χ1n) is 6.02. The van der Waals surface area contributed by atoms with Crippen molar-refractivity contribution in [3.63, 3.8) is 0 Å². The molecule has 5 nitrogen and oxygen atoms in total. The molecule has 1 amide bonds. The lowest BCUT2D eigenvalue weighted by atomic mass is 9.89. The predicted molar refractivity (Wildman–Crippen MR) is 66.1 cm³/mol. The minimum absolute atomic E-state index is 0.0123. The van der Waals surface area contributed by atoms with Gasteiger partial charge in [-0.1, -0.05) is 6.92 Å². The summed E-state index contributed by atoms with van der Waals surface area (Å²) in [6.45, 7) is 2.33. The smallest absolute Gasteiger partial charge is 0.373 e. The summed E-state index contributed by atoms with van der Waals surface area (Å²) in [7, 11) is 0. The number of rotatable bonds is 1. The highest BCUT2D eigenvalue weighted by molar-refractivity contribution is 5.83. The van der Waals surface area contributed by atoms with E-state index in [1.807, 2.05) is 6.92 Å². The van der Waals surface area contributed by atoms with Crippen LogP contribution in [0.5, 0.6) is 0 Å². The van der Waals surface area contributed by atoms with E-state index in [1.54, 1.807) is 12.1 Å². The average molecular weight is 277 g/mol. The molecule has 6 heteroatoms. The highest BCUT2D eigenvalue weighted by atomic mass is 19.1. The Morgan fingerprint density at radius 2 is 2.10 bits per heavy atom. The summed E-state index contributed by atoms with van der Waals surface area (Å²) < 4.78 is 19.1. The lowest BCUT2D eigenvalue weighted by molar-refractivity contribution is -0.191. The standard InChI is InChI=1S/C13H12FNO2.CO2/c1-7-10(6-15-13(7)16)9-4-8-2-3-17-12(8)5-11(9)14;2-1-3/h2-5,7,10H,6H2,1H3,(H,15,16);/t7-,10+;/m0./s1. The van der Waals surface area contributed by atoms with Crippen molar-refractivity contribution in [2.24, 2.45) is 5.92 Å². The van der Waals surface area contributed by atoms with Crippen LogP contribution in [-0.2, 0) is 14.4 Å². The molecule has 2 heterocycles. The maximum absolute atomic E-state index is 14.0. The van der Waals surface area contributed by atoms with Crippen LogP contribution in [0.1, 0.15) is 18.4 Å². The lowest BCUT2D eigenvalue weighted by Gasteiger charge is -2.13. The van der Waals surface area contributed by atoms with E-state index in [4.69, 9.17) is 14.0 Å². The van der Waals surface area contributed by atoms with Gasteiger partial charge in [0.2, 0.25) is 5.91 Å². The monoisotopic (exact) mass is 277 g/mol. The van der Waals surface area contributed by atoms with Crippen LogP contribution in [-0.4, -0.2) is 18.6 Å². The van der Waals surface area contributed by atoms with Crippen LogP contribution >= 0.6 is 0 Å². The third-order valence-electron chi connectivity index (χ3n) is 3.48. The van der Waals surface area contributed by atoms with E-state index in [9.17, 15) is 9.18 Å². The molecular formula is C14H12FNO4. The molecule has 1 aromatic carbocycles. The Morgan fingerprint density at radius 3 is 2.70 bits per heavy atom. The van der Waals surface area contributed by atoms with E-state index in [-0.39, 0.29) is 29.7 Å².